The number of nitrogens with zero attached hydrogens (tertiary/aromatic N) is 4. The van der Waals surface area contributed by atoms with E-state index < -0.39 is 5.97 Å². The Morgan fingerprint density at radius 2 is 0.940 bits per heavy atom. The van der Waals surface area contributed by atoms with Crippen LogP contribution in [-0.4, -0.2) is 126 Å². The quantitative estimate of drug-likeness (QED) is 0.148. The molecule has 0 spiro atoms. The number of amides is 1. The number of benzene rings is 2. The number of carboxylic acids is 1. The first-order valence-corrected chi connectivity index (χ1v) is 26.1. The summed E-state index contributed by atoms with van der Waals surface area (Å²) in [5.74, 6) is -0.930. The summed E-state index contributed by atoms with van der Waals surface area (Å²) in [6.45, 7) is 27.8. The minimum Gasteiger partial charge on any atom is -0.478 e. The van der Waals surface area contributed by atoms with Gasteiger partial charge in [0.15, 0.2) is 0 Å². The number of carbonyl (C=O) groups is 2. The van der Waals surface area contributed by atoms with Gasteiger partial charge in [0.1, 0.15) is 0 Å². The van der Waals surface area contributed by atoms with Crippen LogP contribution in [0.1, 0.15) is 178 Å². The Kier molecular flexibility index (Phi) is 20.0. The van der Waals surface area contributed by atoms with Gasteiger partial charge in [-0.15, -0.1) is 0 Å². The van der Waals surface area contributed by atoms with Gasteiger partial charge in [0.05, 0.1) is 5.56 Å². The monoisotopic (exact) mass is 971 g/mol. The third kappa shape index (κ3) is 16.2. The summed E-state index contributed by atoms with van der Waals surface area (Å²) >= 11 is 12.8. The molecule has 4 fully saturated rings. The van der Waals surface area contributed by atoms with Crippen molar-refractivity contribution < 1.29 is 14.7 Å². The Balaban J connectivity index is 0.000000248. The van der Waals surface area contributed by atoms with Gasteiger partial charge in [-0.05, 0) is 224 Å². The van der Waals surface area contributed by atoms with E-state index in [2.05, 4.69) is 140 Å². The third-order valence-corrected chi connectivity index (χ3v) is 15.3. The maximum absolute atomic E-state index is 13.5. The molecule has 6 rings (SSSR count). The zero-order valence-electron chi connectivity index (χ0n) is 44.6. The van der Waals surface area contributed by atoms with Crippen molar-refractivity contribution in [1.29, 1.82) is 0 Å². The molecule has 2 aliphatic heterocycles. The highest BCUT2D eigenvalue weighted by Gasteiger charge is 2.39. The van der Waals surface area contributed by atoms with Gasteiger partial charge in [-0.1, -0.05) is 23.2 Å². The lowest BCUT2D eigenvalue weighted by atomic mass is 9.79. The van der Waals surface area contributed by atoms with Crippen LogP contribution in [0.3, 0.4) is 0 Å². The minimum atomic E-state index is -0.918. The van der Waals surface area contributed by atoms with Crippen molar-refractivity contribution in [2.75, 3.05) is 51.1 Å². The van der Waals surface area contributed by atoms with Crippen molar-refractivity contribution in [2.24, 2.45) is 5.73 Å². The van der Waals surface area contributed by atoms with Crippen LogP contribution in [0.5, 0.6) is 0 Å². The van der Waals surface area contributed by atoms with E-state index in [1.807, 2.05) is 25.1 Å². The fourth-order valence-corrected chi connectivity index (χ4v) is 12.9. The molecule has 380 valence electrons. The molecule has 4 aliphatic rings. The number of nitrogens with one attached hydrogen (secondary N) is 3. The normalized spacial score (nSPS) is 24.7. The molecule has 2 saturated carbocycles. The number of carboxylic acid groups (broad SMARTS) is 1. The van der Waals surface area contributed by atoms with Crippen molar-refractivity contribution in [3.8, 4) is 0 Å². The van der Waals surface area contributed by atoms with Gasteiger partial charge in [-0.2, -0.15) is 0 Å². The molecule has 2 aromatic rings. The first-order chi connectivity index (χ1) is 31.0. The second kappa shape index (κ2) is 23.5. The first-order valence-electron chi connectivity index (χ1n) is 25.3. The molecule has 0 atom stereocenters. The van der Waals surface area contributed by atoms with Crippen molar-refractivity contribution in [1.82, 2.24) is 25.8 Å². The molecule has 67 heavy (non-hydrogen) atoms. The predicted molar refractivity (Wildman–Crippen MR) is 285 cm³/mol. The second-order valence-corrected chi connectivity index (χ2v) is 24.3. The summed E-state index contributed by atoms with van der Waals surface area (Å²) in [6, 6.07) is 10.1. The number of aromatic carboxylic acids is 1. The van der Waals surface area contributed by atoms with E-state index >= 15 is 0 Å². The van der Waals surface area contributed by atoms with Gasteiger partial charge in [0.25, 0.3) is 5.91 Å². The van der Waals surface area contributed by atoms with E-state index in [-0.39, 0.29) is 34.1 Å². The van der Waals surface area contributed by atoms with Gasteiger partial charge in [-0.3, -0.25) is 4.79 Å². The molecule has 2 heterocycles. The molecule has 1 amide bonds. The molecule has 11 nitrogen and oxygen atoms in total. The van der Waals surface area contributed by atoms with Gasteiger partial charge in [0.2, 0.25) is 0 Å². The van der Waals surface area contributed by atoms with Gasteiger partial charge < -0.3 is 46.4 Å². The Morgan fingerprint density at radius 1 is 0.612 bits per heavy atom. The number of rotatable bonds is 11. The first kappa shape index (κ1) is 56.9. The summed E-state index contributed by atoms with van der Waals surface area (Å²) in [7, 11) is 8.64. The standard InChI is InChI=1S/C27H45ClN4O.C18H27ClN2O2.C9H20N2/c1-9-32(22-12-10-21(11-13-22)31(7)8)24-15-19(28)14-23(18(24)2)25(33)29-20-16-26(3,4)30-27(5,6)17-20;1-5-21(15-8-6-14(7-9-15)20(3)4)17-11-13(19)10-16(12(17)2)18(22)23;1-8(2)5-7(10)6-9(3,4)11-8/h14-15,20-22,30H,9-13,16-17H2,1-8H3,(H,29,33);10-11,14-15H,5-9H2,1-4H3,(H,22,23);7,11H,5-6,10H2,1-4H3. The number of nitrogens with two attached hydrogens (primary N) is 1. The predicted octanol–water partition coefficient (Wildman–Crippen LogP) is 10.7. The van der Waals surface area contributed by atoms with E-state index in [1.165, 1.54) is 38.5 Å². The van der Waals surface area contributed by atoms with Crippen molar-refractivity contribution in [2.45, 2.75) is 219 Å². The Hall–Kier alpha value is -2.64. The van der Waals surface area contributed by atoms with Crippen LogP contribution in [0.15, 0.2) is 24.3 Å². The molecule has 0 unspecified atom stereocenters. The Bertz CT molecular complexity index is 1920. The van der Waals surface area contributed by atoms with Gasteiger partial charge in [0, 0.05) is 98.5 Å². The number of hydrogen-bond acceptors (Lipinski definition) is 9. The summed E-state index contributed by atoms with van der Waals surface area (Å²) in [6.07, 6.45) is 13.4. The molecule has 2 saturated heterocycles. The number of halogens is 2. The summed E-state index contributed by atoms with van der Waals surface area (Å²) in [4.78, 5) is 34.4. The summed E-state index contributed by atoms with van der Waals surface area (Å²) in [5.41, 5.74) is 11.2. The number of hydrogen-bond donors (Lipinski definition) is 5. The maximum Gasteiger partial charge on any atom is 0.336 e. The highest BCUT2D eigenvalue weighted by Crippen LogP contribution is 2.37. The van der Waals surface area contributed by atoms with E-state index in [0.29, 0.717) is 51.4 Å². The van der Waals surface area contributed by atoms with Crippen molar-refractivity contribution in [3.05, 3.63) is 56.6 Å². The molecule has 2 aliphatic carbocycles. The number of carbonyl (C=O) groups excluding carboxylic acids is 1. The smallest absolute Gasteiger partial charge is 0.336 e. The molecule has 6 N–H and O–H groups in total. The summed E-state index contributed by atoms with van der Waals surface area (Å²) in [5, 5.41) is 21.1. The van der Waals surface area contributed by atoms with Crippen molar-refractivity contribution >= 4 is 46.5 Å². The maximum atomic E-state index is 13.5. The zero-order chi connectivity index (χ0) is 50.4. The fourth-order valence-electron chi connectivity index (χ4n) is 12.5. The molecule has 0 radical (unpaired) electrons. The minimum absolute atomic E-state index is 0.0119. The second-order valence-electron chi connectivity index (χ2n) is 23.5. The number of anilines is 2. The van der Waals surface area contributed by atoms with E-state index in [4.69, 9.17) is 28.9 Å². The Morgan fingerprint density at radius 3 is 1.27 bits per heavy atom. The van der Waals surface area contributed by atoms with Crippen LogP contribution in [0.25, 0.3) is 0 Å². The molecule has 0 aromatic heterocycles. The van der Waals surface area contributed by atoms with Crippen molar-refractivity contribution in [3.63, 3.8) is 0 Å². The van der Waals surface area contributed by atoms with E-state index in [9.17, 15) is 14.7 Å². The largest absolute Gasteiger partial charge is 0.478 e. The SMILES string of the molecule is CC1(C)CC(N)CC(C)(C)N1.CCN(c1cc(Cl)cc(C(=O)NC2CC(C)(C)NC(C)(C)C2)c1C)C1CCC(N(C)C)CC1.CCN(c1cc(Cl)cc(C(=O)O)c1C)C1CCC(N(C)C)CC1. The van der Waals surface area contributed by atoms with Crippen LogP contribution < -0.4 is 31.5 Å². The average molecular weight is 972 g/mol. The fraction of sp³-hybridized carbons (Fsp3) is 0.741. The van der Waals surface area contributed by atoms with Crippen LogP contribution in [-0.2, 0) is 0 Å². The molecular weight excluding hydrogens is 880 g/mol. The topological polar surface area (TPSA) is 129 Å². The number of piperidine rings is 2. The molecule has 2 aromatic carbocycles. The molecule has 13 heteroatoms. The van der Waals surface area contributed by atoms with Crippen LogP contribution in [0.2, 0.25) is 10.0 Å². The zero-order valence-corrected chi connectivity index (χ0v) is 46.1. The van der Waals surface area contributed by atoms with Gasteiger partial charge >= 0.3 is 5.97 Å². The van der Waals surface area contributed by atoms with E-state index in [0.717, 1.165) is 74.1 Å². The lowest BCUT2D eigenvalue weighted by Crippen LogP contribution is -2.62. The Labute approximate surface area is 417 Å². The van der Waals surface area contributed by atoms with Crippen LogP contribution >= 0.6 is 23.2 Å². The lowest BCUT2D eigenvalue weighted by molar-refractivity contribution is 0.0695. The third-order valence-electron chi connectivity index (χ3n) is 14.9. The van der Waals surface area contributed by atoms with Crippen LogP contribution in [0, 0.1) is 13.8 Å². The summed E-state index contributed by atoms with van der Waals surface area (Å²) < 4.78 is 0. The van der Waals surface area contributed by atoms with Crippen LogP contribution in [0.4, 0.5) is 11.4 Å². The highest BCUT2D eigenvalue weighted by molar-refractivity contribution is 6.31. The molecular formula is C54H92Cl2N8O3. The molecule has 0 bridgehead atoms. The van der Waals surface area contributed by atoms with Gasteiger partial charge in [-0.25, -0.2) is 4.79 Å². The lowest BCUT2D eigenvalue weighted by Gasteiger charge is -2.46. The highest BCUT2D eigenvalue weighted by atomic mass is 35.5. The van der Waals surface area contributed by atoms with E-state index in [1.54, 1.807) is 6.07 Å². The average Bonchev–Trinajstić information content (AvgIpc) is 3.19.